The lowest BCUT2D eigenvalue weighted by Crippen LogP contribution is -2.46. The summed E-state index contributed by atoms with van der Waals surface area (Å²) in [6, 6.07) is 23.4. The molecule has 0 saturated carbocycles. The third kappa shape index (κ3) is 5.94. The highest BCUT2D eigenvalue weighted by Crippen LogP contribution is 2.17. The van der Waals surface area contributed by atoms with Crippen molar-refractivity contribution in [3.05, 3.63) is 95.6 Å². The van der Waals surface area contributed by atoms with Crippen molar-refractivity contribution in [2.75, 3.05) is 5.32 Å². The zero-order valence-electron chi connectivity index (χ0n) is 16.5. The van der Waals surface area contributed by atoms with Gasteiger partial charge in [0.1, 0.15) is 11.8 Å². The minimum absolute atomic E-state index is 0.299. The second-order valence-corrected chi connectivity index (χ2v) is 6.90. The predicted molar refractivity (Wildman–Crippen MR) is 114 cm³/mol. The summed E-state index contributed by atoms with van der Waals surface area (Å²) in [7, 11) is 0. The van der Waals surface area contributed by atoms with Crippen LogP contribution in [0.15, 0.2) is 78.9 Å². The molecule has 5 nitrogen and oxygen atoms in total. The lowest BCUT2D eigenvalue weighted by molar-refractivity contribution is -0.118. The van der Waals surface area contributed by atoms with Gasteiger partial charge in [0, 0.05) is 12.1 Å². The molecule has 5 heteroatoms. The van der Waals surface area contributed by atoms with Gasteiger partial charge in [0.25, 0.3) is 0 Å². The van der Waals surface area contributed by atoms with Gasteiger partial charge >= 0.3 is 6.09 Å². The van der Waals surface area contributed by atoms with Gasteiger partial charge < -0.3 is 15.4 Å². The van der Waals surface area contributed by atoms with Crippen LogP contribution in [-0.4, -0.2) is 18.0 Å². The second kappa shape index (κ2) is 9.55. The Hall–Kier alpha value is -3.60. The van der Waals surface area contributed by atoms with Gasteiger partial charge in [-0.05, 0) is 48.7 Å². The number of carbonyl (C=O) groups excluding carboxylic acids is 2. The van der Waals surface area contributed by atoms with Crippen LogP contribution in [0, 0.1) is 13.8 Å². The molecule has 2 amide bonds. The highest BCUT2D eigenvalue weighted by molar-refractivity contribution is 5.97. The Labute approximate surface area is 170 Å². The van der Waals surface area contributed by atoms with E-state index in [9.17, 15) is 9.59 Å². The molecule has 0 aliphatic carbocycles. The number of para-hydroxylation sites is 1. The van der Waals surface area contributed by atoms with Gasteiger partial charge in [-0.25, -0.2) is 4.79 Å². The Balaban J connectivity index is 1.75. The summed E-state index contributed by atoms with van der Waals surface area (Å²) in [4.78, 5) is 25.4. The van der Waals surface area contributed by atoms with Crippen molar-refractivity contribution in [2.45, 2.75) is 26.3 Å². The average Bonchev–Trinajstić information content (AvgIpc) is 2.71. The number of ether oxygens (including phenoxy) is 1. The molecule has 1 atom stereocenters. The molecule has 29 heavy (non-hydrogen) atoms. The van der Waals surface area contributed by atoms with Crippen LogP contribution in [0.25, 0.3) is 0 Å². The quantitative estimate of drug-likeness (QED) is 0.646. The van der Waals surface area contributed by atoms with Crippen LogP contribution in [0.5, 0.6) is 5.75 Å². The fraction of sp³-hybridized carbons (Fsp3) is 0.167. The second-order valence-electron chi connectivity index (χ2n) is 6.90. The molecule has 0 aliphatic heterocycles. The highest BCUT2D eigenvalue weighted by Gasteiger charge is 2.23. The highest BCUT2D eigenvalue weighted by atomic mass is 16.6. The molecule has 0 spiro atoms. The molecule has 0 saturated heterocycles. The van der Waals surface area contributed by atoms with Crippen molar-refractivity contribution in [3.8, 4) is 5.75 Å². The van der Waals surface area contributed by atoms with Crippen molar-refractivity contribution in [1.82, 2.24) is 5.32 Å². The molecule has 148 valence electrons. The summed E-state index contributed by atoms with van der Waals surface area (Å²) in [6.45, 7) is 3.89. The van der Waals surface area contributed by atoms with E-state index in [2.05, 4.69) is 10.6 Å². The zero-order valence-corrected chi connectivity index (χ0v) is 16.5. The number of hydrogen-bond donors (Lipinski definition) is 2. The van der Waals surface area contributed by atoms with Gasteiger partial charge in [0.15, 0.2) is 0 Å². The van der Waals surface area contributed by atoms with Crippen LogP contribution >= 0.6 is 0 Å². The average molecular weight is 388 g/mol. The zero-order chi connectivity index (χ0) is 20.6. The maximum Gasteiger partial charge on any atom is 0.413 e. The van der Waals surface area contributed by atoms with Gasteiger partial charge in [-0.15, -0.1) is 0 Å². The van der Waals surface area contributed by atoms with Crippen LogP contribution in [0.2, 0.25) is 0 Å². The Morgan fingerprint density at radius 2 is 1.55 bits per heavy atom. The molecular formula is C24H24N2O3. The number of rotatable bonds is 6. The summed E-state index contributed by atoms with van der Waals surface area (Å²) < 4.78 is 5.30. The molecule has 0 fully saturated rings. The van der Waals surface area contributed by atoms with Gasteiger partial charge in [0.2, 0.25) is 5.91 Å². The molecular weight excluding hydrogens is 364 g/mol. The normalized spacial score (nSPS) is 11.4. The number of nitrogens with one attached hydrogen (secondary N) is 2. The molecule has 1 unspecified atom stereocenters. The summed E-state index contributed by atoms with van der Waals surface area (Å²) in [5.74, 6) is 0.117. The maximum absolute atomic E-state index is 13.0. The molecule has 0 bridgehead atoms. The largest absolute Gasteiger partial charge is 0.413 e. The van der Waals surface area contributed by atoms with Crippen LogP contribution in [0.4, 0.5) is 10.5 Å². The Morgan fingerprint density at radius 3 is 2.24 bits per heavy atom. The summed E-state index contributed by atoms with van der Waals surface area (Å²) >= 11 is 0. The number of amides is 2. The van der Waals surface area contributed by atoms with E-state index in [0.29, 0.717) is 12.2 Å². The summed E-state index contributed by atoms with van der Waals surface area (Å²) in [5.41, 5.74) is 3.66. The monoisotopic (exact) mass is 388 g/mol. The number of anilines is 1. The minimum Gasteiger partial charge on any atom is -0.410 e. The first-order chi connectivity index (χ1) is 14.0. The van der Waals surface area contributed by atoms with Gasteiger partial charge in [0.05, 0.1) is 0 Å². The Kier molecular flexibility index (Phi) is 6.63. The molecule has 0 aromatic heterocycles. The van der Waals surface area contributed by atoms with E-state index in [-0.39, 0.29) is 5.91 Å². The van der Waals surface area contributed by atoms with Crippen LogP contribution in [-0.2, 0) is 11.2 Å². The van der Waals surface area contributed by atoms with E-state index >= 15 is 0 Å². The third-order valence-corrected chi connectivity index (χ3v) is 4.50. The smallest absolute Gasteiger partial charge is 0.410 e. The van der Waals surface area contributed by atoms with E-state index in [0.717, 1.165) is 22.4 Å². The van der Waals surface area contributed by atoms with E-state index in [1.807, 2.05) is 68.4 Å². The van der Waals surface area contributed by atoms with Crippen molar-refractivity contribution in [1.29, 1.82) is 0 Å². The van der Waals surface area contributed by atoms with E-state index in [4.69, 9.17) is 4.74 Å². The first kappa shape index (κ1) is 20.1. The molecule has 0 heterocycles. The third-order valence-electron chi connectivity index (χ3n) is 4.50. The molecule has 0 aliphatic rings. The molecule has 3 rings (SSSR count). The van der Waals surface area contributed by atoms with Crippen molar-refractivity contribution < 1.29 is 14.3 Å². The number of carbonyl (C=O) groups is 2. The first-order valence-corrected chi connectivity index (χ1v) is 9.47. The first-order valence-electron chi connectivity index (χ1n) is 9.47. The number of aryl methyl sites for hydroxylation is 2. The standard InChI is InChI=1S/C24H24N2O3/c1-17-13-14-18(2)21(15-17)25-23(27)22(16-19-9-5-3-6-10-19)26-24(28)29-20-11-7-4-8-12-20/h3-15,22H,16H2,1-2H3,(H,25,27)(H,26,28). The number of hydrogen-bond acceptors (Lipinski definition) is 3. The summed E-state index contributed by atoms with van der Waals surface area (Å²) in [6.07, 6.45) is -0.324. The Bertz CT molecular complexity index is 972. The van der Waals surface area contributed by atoms with E-state index in [1.165, 1.54) is 0 Å². The minimum atomic E-state index is -0.784. The van der Waals surface area contributed by atoms with Crippen LogP contribution in [0.3, 0.4) is 0 Å². The fourth-order valence-electron chi connectivity index (χ4n) is 2.92. The molecule has 3 aromatic carbocycles. The topological polar surface area (TPSA) is 67.4 Å². The van der Waals surface area contributed by atoms with Gasteiger partial charge in [-0.3, -0.25) is 4.79 Å². The predicted octanol–water partition coefficient (Wildman–Crippen LogP) is 4.64. The maximum atomic E-state index is 13.0. The van der Waals surface area contributed by atoms with Crippen LogP contribution in [0.1, 0.15) is 16.7 Å². The van der Waals surface area contributed by atoms with Gasteiger partial charge in [-0.1, -0.05) is 60.7 Å². The van der Waals surface area contributed by atoms with Crippen LogP contribution < -0.4 is 15.4 Å². The number of benzene rings is 3. The SMILES string of the molecule is Cc1ccc(C)c(NC(=O)C(Cc2ccccc2)NC(=O)Oc2ccccc2)c1. The summed E-state index contributed by atoms with van der Waals surface area (Å²) in [5, 5.41) is 5.63. The van der Waals surface area contributed by atoms with E-state index in [1.54, 1.807) is 24.3 Å². The van der Waals surface area contributed by atoms with Gasteiger partial charge in [-0.2, -0.15) is 0 Å². The van der Waals surface area contributed by atoms with Crippen molar-refractivity contribution in [3.63, 3.8) is 0 Å². The van der Waals surface area contributed by atoms with E-state index < -0.39 is 12.1 Å². The van der Waals surface area contributed by atoms with Crippen molar-refractivity contribution >= 4 is 17.7 Å². The molecule has 0 radical (unpaired) electrons. The van der Waals surface area contributed by atoms with Crippen molar-refractivity contribution in [2.24, 2.45) is 0 Å². The fourth-order valence-corrected chi connectivity index (χ4v) is 2.92. The molecule has 3 aromatic rings. The molecule has 2 N–H and O–H groups in total. The Morgan fingerprint density at radius 1 is 0.897 bits per heavy atom. The lowest BCUT2D eigenvalue weighted by Gasteiger charge is -2.19. The lowest BCUT2D eigenvalue weighted by atomic mass is 10.0.